The van der Waals surface area contributed by atoms with E-state index in [4.69, 9.17) is 24.7 Å². The normalized spacial score (nSPS) is 17.9. The Balaban J connectivity index is 0.00000480. The standard InChI is InChI=1S/C53H67F2N12O8.CH4.ClH/c1-6-48(36(2)68)67-51(70)66(34-60-67)43-14-12-41(13-15-43)62-23-25-63(26-24-62)42-16-18-44(19-17-42)72-29-38-28-53(74-30-38,45-20-11-40(54)27-46(45)55)32-65-35-64(33-59-65)37(3)75-52(71)61(5)49-39(9-7-22-58-49)31-73-50(69)47(56)10-8-21-57-4;;/h7,9,11-20,22,27,33-38,47-48,57,68H,6,8,10,21,23-26,28-32,56H2,1-5H3;1H4;1H/q+1;;/p-1/t36-,37?,38+,47-,48-,53-;;/m0../s1. The first-order chi connectivity index (χ1) is 36.2. The Labute approximate surface area is 453 Å². The molecule has 2 saturated heterocycles. The average Bonchev–Trinajstić information content (AvgIpc) is 4.16. The van der Waals surface area contributed by atoms with E-state index in [0.29, 0.717) is 42.7 Å². The number of anilines is 3. The summed E-state index contributed by atoms with van der Waals surface area (Å²) in [5.74, 6) is -1.26. The molecule has 23 heteroatoms. The summed E-state index contributed by atoms with van der Waals surface area (Å²) in [5.41, 5.74) is 7.96. The fourth-order valence-electron chi connectivity index (χ4n) is 9.62. The highest BCUT2D eigenvalue weighted by atomic mass is 35.5. The molecule has 3 aromatic heterocycles. The molecule has 77 heavy (non-hydrogen) atoms. The summed E-state index contributed by atoms with van der Waals surface area (Å²) in [6, 6.07) is 21.4. The highest BCUT2D eigenvalue weighted by Crippen LogP contribution is 2.42. The molecular weight excluding hydrogens is 1020 g/mol. The third-order valence-electron chi connectivity index (χ3n) is 13.9. The molecular formula is C54H71ClF2N12O8. The van der Waals surface area contributed by atoms with Crippen molar-refractivity contribution in [1.29, 1.82) is 0 Å². The van der Waals surface area contributed by atoms with Gasteiger partial charge in [-0.15, -0.1) is 4.68 Å². The van der Waals surface area contributed by atoms with E-state index in [2.05, 4.69) is 30.3 Å². The molecule has 1 amide bonds. The Bertz CT molecular complexity index is 2920. The van der Waals surface area contributed by atoms with Gasteiger partial charge in [0.15, 0.2) is 0 Å². The molecule has 20 nitrogen and oxygen atoms in total. The first-order valence-corrected chi connectivity index (χ1v) is 25.3. The monoisotopic (exact) mass is 1090 g/mol. The van der Waals surface area contributed by atoms with Gasteiger partial charge in [-0.2, -0.15) is 9.67 Å². The number of pyridine rings is 1. The smallest absolute Gasteiger partial charge is 0.418 e. The number of hydrogen-bond donors (Lipinski definition) is 3. The predicted molar refractivity (Wildman–Crippen MR) is 281 cm³/mol. The maximum Gasteiger partial charge on any atom is 0.418 e. The maximum absolute atomic E-state index is 15.7. The molecule has 6 aromatic rings. The van der Waals surface area contributed by atoms with Crippen LogP contribution in [0.5, 0.6) is 5.75 Å². The van der Waals surface area contributed by atoms with E-state index in [1.807, 2.05) is 62.5 Å². The largest absolute Gasteiger partial charge is 1.00 e. The topological polar surface area (TPSA) is 213 Å². The number of aliphatic hydroxyl groups is 1. The Kier molecular flexibility index (Phi) is 20.7. The van der Waals surface area contributed by atoms with Crippen LogP contribution in [-0.4, -0.2) is 118 Å². The summed E-state index contributed by atoms with van der Waals surface area (Å²) >= 11 is 0. The summed E-state index contributed by atoms with van der Waals surface area (Å²) in [6.45, 7) is 9.58. The van der Waals surface area contributed by atoms with Gasteiger partial charge < -0.3 is 57.3 Å². The Morgan fingerprint density at radius 3 is 2.32 bits per heavy atom. The second kappa shape index (κ2) is 26.9. The van der Waals surface area contributed by atoms with E-state index in [9.17, 15) is 23.9 Å². The minimum absolute atomic E-state index is 0. The van der Waals surface area contributed by atoms with Crippen LogP contribution in [0.2, 0.25) is 0 Å². The van der Waals surface area contributed by atoms with Crippen molar-refractivity contribution in [3.8, 4) is 11.4 Å². The van der Waals surface area contributed by atoms with Crippen molar-refractivity contribution in [2.75, 3.05) is 74.7 Å². The van der Waals surface area contributed by atoms with E-state index in [-0.39, 0.29) is 69.2 Å². The van der Waals surface area contributed by atoms with Crippen molar-refractivity contribution >= 4 is 29.3 Å². The van der Waals surface area contributed by atoms with Gasteiger partial charge in [-0.05, 0) is 107 Å². The molecule has 3 aromatic carbocycles. The number of piperazine rings is 1. The van der Waals surface area contributed by atoms with Gasteiger partial charge in [-0.3, -0.25) is 9.69 Å². The first-order valence-electron chi connectivity index (χ1n) is 25.3. The molecule has 0 saturated carbocycles. The van der Waals surface area contributed by atoms with Gasteiger partial charge in [0.2, 0.25) is 12.6 Å². The molecule has 6 atom stereocenters. The molecule has 4 N–H and O–H groups in total. The number of nitrogens with zero attached hydrogens (tertiary/aromatic N) is 10. The Morgan fingerprint density at radius 1 is 1.00 bits per heavy atom. The van der Waals surface area contributed by atoms with E-state index < -0.39 is 53.7 Å². The van der Waals surface area contributed by atoms with E-state index in [1.54, 1.807) is 41.6 Å². The average molecular weight is 1090 g/mol. The zero-order chi connectivity index (χ0) is 53.2. The molecule has 0 aliphatic carbocycles. The lowest BCUT2D eigenvalue weighted by Crippen LogP contribution is -3.00. The molecule has 2 aliphatic heterocycles. The summed E-state index contributed by atoms with van der Waals surface area (Å²) < 4.78 is 59.8. The third kappa shape index (κ3) is 14.1. The molecule has 8 rings (SSSR count). The summed E-state index contributed by atoms with van der Waals surface area (Å²) in [5, 5.41) is 21.9. The number of aromatic nitrogens is 7. The molecule has 0 radical (unpaired) electrons. The highest BCUT2D eigenvalue weighted by molar-refractivity contribution is 5.86. The summed E-state index contributed by atoms with van der Waals surface area (Å²) in [4.78, 5) is 49.3. The number of esters is 1. The van der Waals surface area contributed by atoms with Crippen LogP contribution in [0.1, 0.15) is 77.3 Å². The maximum atomic E-state index is 15.7. The number of carbonyl (C=O) groups is 2. The number of carbonyl (C=O) groups excluding carboxylic acids is 2. The van der Waals surface area contributed by atoms with E-state index >= 15 is 4.39 Å². The number of nitrogens with one attached hydrogen (secondary N) is 1. The summed E-state index contributed by atoms with van der Waals surface area (Å²) in [6.07, 6.45) is 5.90. The summed E-state index contributed by atoms with van der Waals surface area (Å²) in [7, 11) is 3.32. The van der Waals surface area contributed by atoms with Gasteiger partial charge in [-0.25, -0.2) is 32.6 Å². The lowest BCUT2D eigenvalue weighted by atomic mass is 9.87. The van der Waals surface area contributed by atoms with Crippen molar-refractivity contribution in [1.82, 2.24) is 34.4 Å². The molecule has 2 fully saturated rings. The second-order valence-electron chi connectivity index (χ2n) is 19.1. The number of amides is 1. The van der Waals surface area contributed by atoms with Crippen molar-refractivity contribution in [3.63, 3.8) is 0 Å². The number of benzene rings is 3. The predicted octanol–water partition coefficient (Wildman–Crippen LogP) is 2.66. The number of rotatable bonds is 22. The molecule has 1 unspecified atom stereocenters. The van der Waals surface area contributed by atoms with Gasteiger partial charge in [-0.1, -0.05) is 26.5 Å². The molecule has 0 bridgehead atoms. The van der Waals surface area contributed by atoms with Crippen LogP contribution in [0.3, 0.4) is 0 Å². The number of nitrogens with two attached hydrogens (primary N) is 1. The fourth-order valence-corrected chi connectivity index (χ4v) is 9.62. The van der Waals surface area contributed by atoms with Crippen LogP contribution < -0.4 is 53.2 Å². The van der Waals surface area contributed by atoms with Crippen LogP contribution in [0.4, 0.5) is 30.8 Å². The molecule has 5 heterocycles. The van der Waals surface area contributed by atoms with Crippen molar-refractivity contribution in [3.05, 3.63) is 137 Å². The number of ether oxygens (including phenoxy) is 4. The van der Waals surface area contributed by atoms with Gasteiger partial charge in [0.05, 0.1) is 31.0 Å². The number of hydrogen-bond acceptors (Lipinski definition) is 15. The minimum Gasteiger partial charge on any atom is -1.00 e. The number of aliphatic hydroxyl groups excluding tert-OH is 1. The molecule has 2 aliphatic rings. The van der Waals surface area contributed by atoms with Gasteiger partial charge >= 0.3 is 17.8 Å². The zero-order valence-corrected chi connectivity index (χ0v) is 44.1. The van der Waals surface area contributed by atoms with E-state index in [0.717, 1.165) is 50.2 Å². The van der Waals surface area contributed by atoms with Crippen molar-refractivity contribution in [2.45, 2.75) is 97.0 Å². The van der Waals surface area contributed by atoms with Gasteiger partial charge in [0.25, 0.3) is 6.33 Å². The van der Waals surface area contributed by atoms with E-state index in [1.165, 1.54) is 52.2 Å². The zero-order valence-electron chi connectivity index (χ0n) is 43.4. The lowest BCUT2D eigenvalue weighted by molar-refractivity contribution is -0.753. The van der Waals surface area contributed by atoms with Crippen LogP contribution >= 0.6 is 0 Å². The number of halogens is 3. The fraction of sp³-hybridized carbons (Fsp3) is 0.463. The van der Waals surface area contributed by atoms with Crippen LogP contribution in [0.25, 0.3) is 5.69 Å². The van der Waals surface area contributed by atoms with Crippen LogP contribution in [-0.2, 0) is 37.8 Å². The van der Waals surface area contributed by atoms with Crippen LogP contribution in [0, 0.1) is 17.6 Å². The molecule has 0 spiro atoms. The Hall–Kier alpha value is -6.98. The quantitative estimate of drug-likeness (QED) is 0.0507. The minimum atomic E-state index is -1.24. The molecule has 416 valence electrons. The van der Waals surface area contributed by atoms with Gasteiger partial charge in [0.1, 0.15) is 54.3 Å². The van der Waals surface area contributed by atoms with Crippen molar-refractivity contribution in [2.24, 2.45) is 11.7 Å². The van der Waals surface area contributed by atoms with Crippen molar-refractivity contribution < 1.29 is 59.4 Å². The van der Waals surface area contributed by atoms with Crippen LogP contribution in [0.15, 0.2) is 109 Å². The second-order valence-corrected chi connectivity index (χ2v) is 19.1. The highest BCUT2D eigenvalue weighted by Gasteiger charge is 2.46. The Morgan fingerprint density at radius 2 is 1.68 bits per heavy atom. The SMILES string of the molecule is C.CC[C@@H]([C@H](C)O)n1ncn(-c2ccc(N3CCN(c4ccc(OC[C@@H]5CO[C@@](Cn6c[n+](C(C)OC(=O)N(C)c7ncccc7COC(=O)[C@@H](N)CCCNC)cn6)(c6ccc(F)cc6F)C5)cc4)CC3)cc2)c1=O.[Cl-]. The lowest BCUT2D eigenvalue weighted by Gasteiger charge is -2.37. The van der Waals surface area contributed by atoms with Gasteiger partial charge in [0, 0.05) is 85.9 Å². The third-order valence-corrected chi connectivity index (χ3v) is 13.9. The first kappa shape index (κ1) is 59.3.